The average Bonchev–Trinajstić information content (AvgIpc) is 2.42. The van der Waals surface area contributed by atoms with Crippen LogP contribution in [0.5, 0.6) is 0 Å². The zero-order chi connectivity index (χ0) is 13.4. The molecule has 0 spiro atoms. The summed E-state index contributed by atoms with van der Waals surface area (Å²) in [5.74, 6) is -0.306. The van der Waals surface area contributed by atoms with Crippen LogP contribution in [0.15, 0.2) is 39.8 Å². The van der Waals surface area contributed by atoms with E-state index in [0.29, 0.717) is 9.50 Å². The van der Waals surface area contributed by atoms with Gasteiger partial charge in [0.2, 0.25) is 0 Å². The molecule has 1 aromatic rings. The zero-order valence-corrected chi connectivity index (χ0v) is 13.1. The average molecular weight is 332 g/mol. The zero-order valence-electron chi connectivity index (χ0n) is 10.6. The normalized spacial score (nSPS) is 11.9. The van der Waals surface area contributed by atoms with Gasteiger partial charge in [0.1, 0.15) is 0 Å². The fourth-order valence-electron chi connectivity index (χ4n) is 1.35. The van der Waals surface area contributed by atoms with Crippen LogP contribution in [0.25, 0.3) is 0 Å². The molecule has 2 nitrogen and oxygen atoms in total. The number of hydrogen-bond donors (Lipinski definition) is 0. The number of unbranched alkanes of at least 4 members (excludes halogenated alkanes) is 1. The van der Waals surface area contributed by atoms with Crippen molar-refractivity contribution in [3.8, 4) is 0 Å². The first-order valence-electron chi connectivity index (χ1n) is 5.89. The Hall–Kier alpha value is -0.761. The van der Waals surface area contributed by atoms with Gasteiger partial charge < -0.3 is 0 Å². The summed E-state index contributed by atoms with van der Waals surface area (Å²) >= 11 is 6.15. The van der Waals surface area contributed by atoms with Gasteiger partial charge in [-0.3, -0.25) is 0 Å². The number of carbonyl (C=O) groups excluding carboxylic acids is 1. The molecule has 0 fully saturated rings. The summed E-state index contributed by atoms with van der Waals surface area (Å²) in [6.07, 6.45) is 2.80. The number of methoxy groups -OCH3 is 1. The number of esters is 1. The van der Waals surface area contributed by atoms with Crippen molar-refractivity contribution >= 4 is 37.0 Å². The van der Waals surface area contributed by atoms with Crippen LogP contribution >= 0.6 is 11.6 Å². The summed E-state index contributed by atoms with van der Waals surface area (Å²) in [5.41, 5.74) is 0. The van der Waals surface area contributed by atoms with Crippen molar-refractivity contribution in [3.05, 3.63) is 39.8 Å². The van der Waals surface area contributed by atoms with Crippen LogP contribution in [-0.4, -0.2) is 28.0 Å². The number of allylic oxidation sites excluding steroid dienone is 1. The van der Waals surface area contributed by atoms with E-state index in [4.69, 9.17) is 16.3 Å². The summed E-state index contributed by atoms with van der Waals surface area (Å²) < 4.78 is 6.58. The second-order valence-electron chi connectivity index (χ2n) is 3.74. The van der Waals surface area contributed by atoms with Crippen LogP contribution in [0, 0.1) is 0 Å². The van der Waals surface area contributed by atoms with E-state index in [1.807, 2.05) is 30.3 Å². The third-order valence-electron chi connectivity index (χ3n) is 2.33. The van der Waals surface area contributed by atoms with E-state index in [1.54, 1.807) is 0 Å². The van der Waals surface area contributed by atoms with Crippen molar-refractivity contribution in [1.29, 1.82) is 0 Å². The molecule has 0 saturated heterocycles. The predicted molar refractivity (Wildman–Crippen MR) is 76.3 cm³/mol. The molecule has 1 rings (SSSR count). The Labute approximate surface area is 120 Å². The van der Waals surface area contributed by atoms with Gasteiger partial charge in [-0.2, -0.15) is 0 Å². The summed E-state index contributed by atoms with van der Waals surface area (Å²) in [5, 5.41) is 0.646. The van der Waals surface area contributed by atoms with Gasteiger partial charge in [-0.15, -0.1) is 0 Å². The molecule has 0 saturated carbocycles. The van der Waals surface area contributed by atoms with E-state index >= 15 is 0 Å². The van der Waals surface area contributed by atoms with Crippen molar-refractivity contribution in [1.82, 2.24) is 0 Å². The SMILES string of the molecule is CCCC/C(Cl)=C(/[Se]c1ccccc1)C(=O)OC. The monoisotopic (exact) mass is 332 g/mol. The van der Waals surface area contributed by atoms with Crippen LogP contribution < -0.4 is 4.46 Å². The minimum atomic E-state index is -0.306. The van der Waals surface area contributed by atoms with E-state index in [0.717, 1.165) is 23.7 Å². The first kappa shape index (κ1) is 15.3. The molecule has 0 aliphatic carbocycles. The molecule has 4 heteroatoms. The first-order valence-corrected chi connectivity index (χ1v) is 7.98. The number of hydrogen-bond acceptors (Lipinski definition) is 2. The van der Waals surface area contributed by atoms with Crippen molar-refractivity contribution in [2.45, 2.75) is 26.2 Å². The van der Waals surface area contributed by atoms with Crippen LogP contribution in [0.1, 0.15) is 26.2 Å². The van der Waals surface area contributed by atoms with Gasteiger partial charge >= 0.3 is 120 Å². The van der Waals surface area contributed by atoms with Gasteiger partial charge in [0.05, 0.1) is 0 Å². The van der Waals surface area contributed by atoms with E-state index in [-0.39, 0.29) is 20.9 Å². The van der Waals surface area contributed by atoms with E-state index < -0.39 is 0 Å². The Morgan fingerprint density at radius 1 is 1.33 bits per heavy atom. The Morgan fingerprint density at radius 3 is 2.56 bits per heavy atom. The predicted octanol–water partition coefficient (Wildman–Crippen LogP) is 2.83. The summed E-state index contributed by atoms with van der Waals surface area (Å²) in [4.78, 5) is 11.8. The van der Waals surface area contributed by atoms with Gasteiger partial charge in [-0.25, -0.2) is 0 Å². The van der Waals surface area contributed by atoms with Crippen LogP contribution in [0.3, 0.4) is 0 Å². The van der Waals surface area contributed by atoms with Crippen molar-refractivity contribution in [2.75, 3.05) is 7.11 Å². The minimum absolute atomic E-state index is 0.0980. The van der Waals surface area contributed by atoms with Crippen LogP contribution in [-0.2, 0) is 9.53 Å². The fourth-order valence-corrected chi connectivity index (χ4v) is 3.67. The van der Waals surface area contributed by atoms with Crippen LogP contribution in [0.2, 0.25) is 0 Å². The molecule has 0 aliphatic heterocycles. The molecule has 0 amide bonds. The molecule has 0 aliphatic rings. The van der Waals surface area contributed by atoms with E-state index in [9.17, 15) is 4.79 Å². The van der Waals surface area contributed by atoms with E-state index in [1.165, 1.54) is 7.11 Å². The molecule has 98 valence electrons. The standard InChI is InChI=1S/C14H17ClO2Se/c1-3-4-10-12(15)13(14(16)17-2)18-11-8-6-5-7-9-11/h5-9H,3-4,10H2,1-2H3/b13-12-. The number of ether oxygens (including phenoxy) is 1. The number of halogens is 1. The quantitative estimate of drug-likeness (QED) is 0.455. The molecule has 0 bridgehead atoms. The third kappa shape index (κ3) is 4.85. The molecule has 1 aromatic carbocycles. The number of carbonyl (C=O) groups is 1. The van der Waals surface area contributed by atoms with Crippen molar-refractivity contribution in [2.24, 2.45) is 0 Å². The molecule has 0 atom stereocenters. The Morgan fingerprint density at radius 2 is 2.00 bits per heavy atom. The van der Waals surface area contributed by atoms with Crippen molar-refractivity contribution in [3.63, 3.8) is 0 Å². The molecular weight excluding hydrogens is 315 g/mol. The summed E-state index contributed by atoms with van der Waals surface area (Å²) in [6.45, 7) is 2.10. The Balaban J connectivity index is 2.88. The number of rotatable bonds is 6. The van der Waals surface area contributed by atoms with Gasteiger partial charge in [-0.1, -0.05) is 0 Å². The van der Waals surface area contributed by atoms with Gasteiger partial charge in [-0.05, 0) is 0 Å². The van der Waals surface area contributed by atoms with Gasteiger partial charge in [0.25, 0.3) is 0 Å². The molecule has 0 heterocycles. The summed E-state index contributed by atoms with van der Waals surface area (Å²) in [6, 6.07) is 9.90. The van der Waals surface area contributed by atoms with E-state index in [2.05, 4.69) is 6.92 Å². The summed E-state index contributed by atoms with van der Waals surface area (Å²) in [7, 11) is 1.40. The Bertz CT molecular complexity index is 415. The Kier molecular flexibility index (Phi) is 7.11. The topological polar surface area (TPSA) is 26.3 Å². The molecule has 0 N–H and O–H groups in total. The first-order chi connectivity index (χ1) is 8.69. The molecular formula is C14H17ClO2Se. The second kappa shape index (κ2) is 8.36. The van der Waals surface area contributed by atoms with Crippen LogP contribution in [0.4, 0.5) is 0 Å². The van der Waals surface area contributed by atoms with Gasteiger partial charge in [0.15, 0.2) is 0 Å². The maximum absolute atomic E-state index is 11.8. The molecule has 0 radical (unpaired) electrons. The van der Waals surface area contributed by atoms with Crippen molar-refractivity contribution < 1.29 is 9.53 Å². The second-order valence-corrected chi connectivity index (χ2v) is 6.47. The molecule has 0 unspecified atom stereocenters. The molecule has 18 heavy (non-hydrogen) atoms. The maximum atomic E-state index is 11.8. The van der Waals surface area contributed by atoms with Gasteiger partial charge in [0, 0.05) is 0 Å². The fraction of sp³-hybridized carbons (Fsp3) is 0.357. The third-order valence-corrected chi connectivity index (χ3v) is 5.32. The molecule has 0 aromatic heterocycles. The number of benzene rings is 1.